The zero-order chi connectivity index (χ0) is 15.3. The van der Waals surface area contributed by atoms with Gasteiger partial charge in [0.1, 0.15) is 5.54 Å². The van der Waals surface area contributed by atoms with E-state index in [2.05, 4.69) is 32.2 Å². The molecule has 4 unspecified atom stereocenters. The molecular weight excluding hydrogens is 260 g/mol. The third-order valence-corrected chi connectivity index (χ3v) is 5.15. The lowest BCUT2D eigenvalue weighted by Gasteiger charge is -2.40. The summed E-state index contributed by atoms with van der Waals surface area (Å²) in [5.41, 5.74) is -0.342. The Labute approximate surface area is 130 Å². The zero-order valence-electron chi connectivity index (χ0n) is 14.0. The summed E-state index contributed by atoms with van der Waals surface area (Å²) in [6.45, 7) is 7.77. The van der Waals surface area contributed by atoms with Gasteiger partial charge in [0.2, 0.25) is 0 Å². The maximum absolute atomic E-state index is 9.61. The summed E-state index contributed by atoms with van der Waals surface area (Å²) in [7, 11) is 0. The Bertz CT molecular complexity index is 355. The fourth-order valence-corrected chi connectivity index (χ4v) is 4.26. The highest BCUT2D eigenvalue weighted by atomic mass is 16.5. The van der Waals surface area contributed by atoms with Crippen LogP contribution in [0.4, 0.5) is 0 Å². The van der Waals surface area contributed by atoms with Crippen molar-refractivity contribution < 1.29 is 4.74 Å². The first-order chi connectivity index (χ1) is 10.1. The molecule has 0 aromatic rings. The molecule has 2 fully saturated rings. The van der Waals surface area contributed by atoms with E-state index in [4.69, 9.17) is 4.74 Å². The van der Waals surface area contributed by atoms with Gasteiger partial charge in [0.05, 0.1) is 18.3 Å². The maximum atomic E-state index is 9.61. The van der Waals surface area contributed by atoms with Crippen LogP contribution >= 0.6 is 0 Å². The van der Waals surface area contributed by atoms with E-state index in [9.17, 15) is 5.26 Å². The molecule has 2 aliphatic rings. The van der Waals surface area contributed by atoms with Crippen LogP contribution in [-0.2, 0) is 4.74 Å². The normalized spacial score (nSPS) is 40.7. The van der Waals surface area contributed by atoms with Crippen molar-refractivity contribution in [2.45, 2.75) is 89.9 Å². The summed E-state index contributed by atoms with van der Waals surface area (Å²) in [4.78, 5) is 0. The maximum Gasteiger partial charge on any atom is 0.109 e. The van der Waals surface area contributed by atoms with E-state index in [0.29, 0.717) is 6.10 Å². The summed E-state index contributed by atoms with van der Waals surface area (Å²) >= 11 is 0. The number of rotatable bonds is 5. The lowest BCUT2D eigenvalue weighted by molar-refractivity contribution is -0.0711. The van der Waals surface area contributed by atoms with Crippen LogP contribution in [0.2, 0.25) is 0 Å². The predicted octanol–water partition coefficient (Wildman–Crippen LogP) is 4.03. The Morgan fingerprint density at radius 3 is 2.52 bits per heavy atom. The first kappa shape index (κ1) is 16.8. The minimum Gasteiger partial charge on any atom is -0.375 e. The molecule has 0 heterocycles. The van der Waals surface area contributed by atoms with Crippen LogP contribution in [0.1, 0.15) is 72.1 Å². The van der Waals surface area contributed by atoms with E-state index in [-0.39, 0.29) is 11.6 Å². The standard InChI is InChI=1S/C18H32N2O/c1-4-8-20-18(13-19)7-5-6-16(12-18)21-17-10-14(2)9-15(3)11-17/h14-17,20H,4-12H2,1-3H3. The van der Waals surface area contributed by atoms with Gasteiger partial charge in [-0.25, -0.2) is 0 Å². The second-order valence-corrected chi connectivity index (χ2v) is 7.51. The third kappa shape index (κ3) is 4.69. The Kier molecular flexibility index (Phi) is 6.08. The fraction of sp³-hybridized carbons (Fsp3) is 0.944. The quantitative estimate of drug-likeness (QED) is 0.832. The van der Waals surface area contributed by atoms with Gasteiger partial charge in [-0.3, -0.25) is 5.32 Å². The van der Waals surface area contributed by atoms with Gasteiger partial charge in [-0.15, -0.1) is 0 Å². The highest BCUT2D eigenvalue weighted by Crippen LogP contribution is 2.35. The summed E-state index contributed by atoms with van der Waals surface area (Å²) in [6, 6.07) is 2.55. The third-order valence-electron chi connectivity index (χ3n) is 5.15. The van der Waals surface area contributed by atoms with Gasteiger partial charge in [-0.05, 0) is 63.3 Å². The van der Waals surface area contributed by atoms with Crippen molar-refractivity contribution >= 4 is 0 Å². The highest BCUT2D eigenvalue weighted by molar-refractivity contribution is 5.10. The minimum absolute atomic E-state index is 0.269. The molecule has 2 aliphatic carbocycles. The second-order valence-electron chi connectivity index (χ2n) is 7.51. The Balaban J connectivity index is 1.90. The Morgan fingerprint density at radius 2 is 1.90 bits per heavy atom. The van der Waals surface area contributed by atoms with Crippen molar-refractivity contribution in [2.24, 2.45) is 11.8 Å². The van der Waals surface area contributed by atoms with E-state index in [1.165, 1.54) is 19.3 Å². The largest absolute Gasteiger partial charge is 0.375 e. The number of hydrogen-bond acceptors (Lipinski definition) is 3. The zero-order valence-corrected chi connectivity index (χ0v) is 14.0. The molecule has 0 bridgehead atoms. The van der Waals surface area contributed by atoms with Crippen LogP contribution in [0.25, 0.3) is 0 Å². The molecule has 0 saturated heterocycles. The van der Waals surface area contributed by atoms with Crippen molar-refractivity contribution in [3.05, 3.63) is 0 Å². The molecule has 0 radical (unpaired) electrons. The molecule has 0 spiro atoms. The summed E-state index contributed by atoms with van der Waals surface area (Å²) in [6.07, 6.45) is 9.55. The molecule has 0 amide bonds. The summed E-state index contributed by atoms with van der Waals surface area (Å²) in [5, 5.41) is 13.1. The summed E-state index contributed by atoms with van der Waals surface area (Å²) < 4.78 is 6.42. The molecule has 0 aliphatic heterocycles. The first-order valence-electron chi connectivity index (χ1n) is 8.88. The van der Waals surface area contributed by atoms with E-state index in [1.807, 2.05) is 0 Å². The van der Waals surface area contributed by atoms with Crippen LogP contribution in [0.3, 0.4) is 0 Å². The molecule has 4 atom stereocenters. The Hall–Kier alpha value is -0.590. The Morgan fingerprint density at radius 1 is 1.19 bits per heavy atom. The molecule has 0 aromatic heterocycles. The molecule has 3 heteroatoms. The van der Waals surface area contributed by atoms with Gasteiger partial charge in [0, 0.05) is 6.42 Å². The number of nitrogens with zero attached hydrogens (tertiary/aromatic N) is 1. The fourth-order valence-electron chi connectivity index (χ4n) is 4.26. The van der Waals surface area contributed by atoms with Crippen LogP contribution in [0, 0.1) is 23.2 Å². The molecule has 3 nitrogen and oxygen atoms in total. The topological polar surface area (TPSA) is 45.0 Å². The average molecular weight is 292 g/mol. The van der Waals surface area contributed by atoms with Gasteiger partial charge >= 0.3 is 0 Å². The molecule has 1 N–H and O–H groups in total. The highest BCUT2D eigenvalue weighted by Gasteiger charge is 2.38. The van der Waals surface area contributed by atoms with Crippen molar-refractivity contribution in [1.29, 1.82) is 5.26 Å². The second kappa shape index (κ2) is 7.61. The molecule has 0 aromatic carbocycles. The number of nitriles is 1. The van der Waals surface area contributed by atoms with Crippen molar-refractivity contribution in [2.75, 3.05) is 6.54 Å². The van der Waals surface area contributed by atoms with Crippen molar-refractivity contribution in [3.8, 4) is 6.07 Å². The summed E-state index contributed by atoms with van der Waals surface area (Å²) in [5.74, 6) is 1.56. The van der Waals surface area contributed by atoms with Crippen LogP contribution in [0.15, 0.2) is 0 Å². The van der Waals surface area contributed by atoms with Crippen molar-refractivity contribution in [1.82, 2.24) is 5.32 Å². The lowest BCUT2D eigenvalue weighted by Crippen LogP contribution is -2.50. The molecular formula is C18H32N2O. The van der Waals surface area contributed by atoms with Crippen LogP contribution in [0.5, 0.6) is 0 Å². The molecule has 2 rings (SSSR count). The van der Waals surface area contributed by atoms with Crippen LogP contribution < -0.4 is 5.32 Å². The van der Waals surface area contributed by atoms with E-state index >= 15 is 0 Å². The lowest BCUT2D eigenvalue weighted by atomic mass is 9.79. The molecule has 2 saturated carbocycles. The van der Waals surface area contributed by atoms with E-state index < -0.39 is 0 Å². The predicted molar refractivity (Wildman–Crippen MR) is 85.9 cm³/mol. The van der Waals surface area contributed by atoms with E-state index in [0.717, 1.165) is 50.5 Å². The van der Waals surface area contributed by atoms with Gasteiger partial charge in [-0.2, -0.15) is 5.26 Å². The van der Waals surface area contributed by atoms with Crippen molar-refractivity contribution in [3.63, 3.8) is 0 Å². The van der Waals surface area contributed by atoms with E-state index in [1.54, 1.807) is 0 Å². The SMILES string of the molecule is CCCNC1(C#N)CCCC(OC2CC(C)CC(C)C2)C1. The average Bonchev–Trinajstić information content (AvgIpc) is 2.44. The smallest absolute Gasteiger partial charge is 0.109 e. The number of hydrogen-bond donors (Lipinski definition) is 1. The molecule has 120 valence electrons. The minimum atomic E-state index is -0.342. The van der Waals surface area contributed by atoms with Gasteiger partial charge in [0.25, 0.3) is 0 Å². The van der Waals surface area contributed by atoms with Gasteiger partial charge in [-0.1, -0.05) is 20.8 Å². The van der Waals surface area contributed by atoms with Gasteiger partial charge in [0.15, 0.2) is 0 Å². The van der Waals surface area contributed by atoms with Gasteiger partial charge < -0.3 is 4.74 Å². The molecule has 21 heavy (non-hydrogen) atoms. The monoisotopic (exact) mass is 292 g/mol. The van der Waals surface area contributed by atoms with Crippen LogP contribution in [-0.4, -0.2) is 24.3 Å². The number of nitrogens with one attached hydrogen (secondary N) is 1. The first-order valence-corrected chi connectivity index (χ1v) is 8.88. The number of ether oxygens (including phenoxy) is 1.